The lowest BCUT2D eigenvalue weighted by Gasteiger charge is -2.23. The van der Waals surface area contributed by atoms with Crippen molar-refractivity contribution in [1.29, 1.82) is 0 Å². The Morgan fingerprint density at radius 1 is 1.50 bits per heavy atom. The minimum Gasteiger partial charge on any atom is -0.352 e. The molecule has 0 N–H and O–H groups in total. The Bertz CT molecular complexity index is 205. The van der Waals surface area contributed by atoms with E-state index in [1.807, 2.05) is 18.0 Å². The Hall–Kier alpha value is -0.440. The summed E-state index contributed by atoms with van der Waals surface area (Å²) >= 11 is 1.84. The van der Waals surface area contributed by atoms with Crippen LogP contribution in [0.5, 0.6) is 0 Å². The minimum absolute atomic E-state index is 1.05. The van der Waals surface area contributed by atoms with Gasteiger partial charge in [0.2, 0.25) is 0 Å². The molecule has 0 aromatic carbocycles. The molecule has 1 rings (SSSR count). The van der Waals surface area contributed by atoms with E-state index in [0.29, 0.717) is 0 Å². The van der Waals surface area contributed by atoms with E-state index in [4.69, 9.17) is 0 Å². The van der Waals surface area contributed by atoms with Crippen molar-refractivity contribution in [1.82, 2.24) is 4.90 Å². The number of rotatable bonds is 2. The molecule has 1 heterocycles. The number of aliphatic imine (C=N–C) groups is 1. The Morgan fingerprint density at radius 2 is 2.17 bits per heavy atom. The van der Waals surface area contributed by atoms with Crippen molar-refractivity contribution in [2.24, 2.45) is 4.99 Å². The van der Waals surface area contributed by atoms with Crippen LogP contribution in [0, 0.1) is 0 Å². The molecular weight excluding hydrogens is 168 g/mol. The number of hydrogen-bond donors (Lipinski definition) is 0. The van der Waals surface area contributed by atoms with Gasteiger partial charge in [-0.2, -0.15) is 0 Å². The fourth-order valence-electron chi connectivity index (χ4n) is 1.09. The zero-order valence-electron chi connectivity index (χ0n) is 8.00. The predicted molar refractivity (Wildman–Crippen MR) is 56.6 cm³/mol. The molecule has 2 nitrogen and oxygen atoms in total. The maximum atomic E-state index is 4.40. The zero-order chi connectivity index (χ0) is 8.97. The van der Waals surface area contributed by atoms with Gasteiger partial charge in [-0.15, -0.1) is 0 Å². The van der Waals surface area contributed by atoms with E-state index in [-0.39, 0.29) is 0 Å². The Kier molecular flexibility index (Phi) is 3.66. The molecule has 0 saturated heterocycles. The van der Waals surface area contributed by atoms with Gasteiger partial charge in [0.05, 0.1) is 0 Å². The highest BCUT2D eigenvalue weighted by molar-refractivity contribution is 8.14. The molecule has 0 aliphatic carbocycles. The largest absolute Gasteiger partial charge is 0.352 e. The first-order valence-electron chi connectivity index (χ1n) is 4.39. The average Bonchev–Trinajstić information content (AvgIpc) is 2.10. The van der Waals surface area contributed by atoms with E-state index in [1.54, 1.807) is 0 Å². The molecule has 68 valence electrons. The number of amidine groups is 1. The van der Waals surface area contributed by atoms with E-state index in [2.05, 4.69) is 30.7 Å². The quantitative estimate of drug-likeness (QED) is 0.654. The number of nitrogens with zero attached hydrogens (tertiary/aromatic N) is 2. The zero-order valence-corrected chi connectivity index (χ0v) is 8.82. The molecule has 3 heteroatoms. The van der Waals surface area contributed by atoms with Crippen molar-refractivity contribution in [3.8, 4) is 0 Å². The molecule has 0 unspecified atom stereocenters. The van der Waals surface area contributed by atoms with E-state index in [0.717, 1.165) is 18.8 Å². The van der Waals surface area contributed by atoms with Crippen molar-refractivity contribution in [3.63, 3.8) is 0 Å². The van der Waals surface area contributed by atoms with E-state index >= 15 is 0 Å². The highest BCUT2D eigenvalue weighted by atomic mass is 32.2. The van der Waals surface area contributed by atoms with Crippen LogP contribution in [0.3, 0.4) is 0 Å². The van der Waals surface area contributed by atoms with Gasteiger partial charge in [-0.25, -0.2) is 4.99 Å². The van der Waals surface area contributed by atoms with Crippen LogP contribution in [0.2, 0.25) is 0 Å². The van der Waals surface area contributed by atoms with Gasteiger partial charge in [0, 0.05) is 25.0 Å². The third-order valence-electron chi connectivity index (χ3n) is 1.86. The van der Waals surface area contributed by atoms with Crippen molar-refractivity contribution in [3.05, 3.63) is 11.8 Å². The molecule has 1 aliphatic rings. The molecule has 1 aliphatic heterocycles. The summed E-state index contributed by atoms with van der Waals surface area (Å²) in [6.07, 6.45) is 1.98. The second-order valence-electron chi connectivity index (χ2n) is 2.85. The van der Waals surface area contributed by atoms with Crippen LogP contribution in [0.1, 0.15) is 20.8 Å². The molecule has 12 heavy (non-hydrogen) atoms. The van der Waals surface area contributed by atoms with Gasteiger partial charge in [-0.05, 0) is 26.3 Å². The summed E-state index contributed by atoms with van der Waals surface area (Å²) in [4.78, 5) is 6.68. The van der Waals surface area contributed by atoms with Gasteiger partial charge in [-0.3, -0.25) is 0 Å². The molecule has 0 fully saturated rings. The lowest BCUT2D eigenvalue weighted by molar-refractivity contribution is 0.474. The maximum absolute atomic E-state index is 4.40. The SMILES string of the molecule is CCN(CC)C1=NC=C(C)CS1. The van der Waals surface area contributed by atoms with Gasteiger partial charge >= 0.3 is 0 Å². The fourth-order valence-corrected chi connectivity index (χ4v) is 2.08. The Balaban J connectivity index is 2.63. The predicted octanol–water partition coefficient (Wildman–Crippen LogP) is 2.33. The first-order valence-corrected chi connectivity index (χ1v) is 5.37. The van der Waals surface area contributed by atoms with Crippen molar-refractivity contribution in [2.75, 3.05) is 18.8 Å². The van der Waals surface area contributed by atoms with Crippen LogP contribution in [0.25, 0.3) is 0 Å². The highest BCUT2D eigenvalue weighted by Gasteiger charge is 2.10. The molecule has 0 bridgehead atoms. The maximum Gasteiger partial charge on any atom is 0.164 e. The smallest absolute Gasteiger partial charge is 0.164 e. The summed E-state index contributed by atoms with van der Waals surface area (Å²) in [5, 5.41) is 1.17. The first kappa shape index (κ1) is 9.65. The molecule has 0 radical (unpaired) electrons. The fraction of sp³-hybridized carbons (Fsp3) is 0.667. The van der Waals surface area contributed by atoms with Gasteiger partial charge < -0.3 is 4.90 Å². The van der Waals surface area contributed by atoms with Crippen LogP contribution in [0.4, 0.5) is 0 Å². The molecule has 0 aromatic heterocycles. The van der Waals surface area contributed by atoms with Gasteiger partial charge in [0.1, 0.15) is 0 Å². The first-order chi connectivity index (χ1) is 5.77. The third kappa shape index (κ3) is 2.27. The van der Waals surface area contributed by atoms with Crippen molar-refractivity contribution < 1.29 is 0 Å². The summed E-state index contributed by atoms with van der Waals surface area (Å²) in [7, 11) is 0. The minimum atomic E-state index is 1.05. The second-order valence-corrected chi connectivity index (χ2v) is 3.79. The van der Waals surface area contributed by atoms with Crippen LogP contribution < -0.4 is 0 Å². The average molecular weight is 184 g/mol. The van der Waals surface area contributed by atoms with Crippen molar-refractivity contribution in [2.45, 2.75) is 20.8 Å². The lowest BCUT2D eigenvalue weighted by Crippen LogP contribution is -2.29. The lowest BCUT2D eigenvalue weighted by atomic mass is 10.4. The second kappa shape index (κ2) is 4.55. The number of hydrogen-bond acceptors (Lipinski definition) is 3. The van der Waals surface area contributed by atoms with E-state index in [1.165, 1.54) is 10.7 Å². The van der Waals surface area contributed by atoms with Crippen LogP contribution in [0.15, 0.2) is 16.8 Å². The summed E-state index contributed by atoms with van der Waals surface area (Å²) in [5.74, 6) is 1.09. The topological polar surface area (TPSA) is 15.6 Å². The highest BCUT2D eigenvalue weighted by Crippen LogP contribution is 2.18. The standard InChI is InChI=1S/C9H16N2S/c1-4-11(5-2)9-10-6-8(3)7-12-9/h6H,4-5,7H2,1-3H3. The van der Waals surface area contributed by atoms with Gasteiger partial charge in [-0.1, -0.05) is 11.8 Å². The van der Waals surface area contributed by atoms with E-state index < -0.39 is 0 Å². The normalized spacial score (nSPS) is 16.9. The summed E-state index contributed by atoms with van der Waals surface area (Å²) in [5.41, 5.74) is 1.36. The Morgan fingerprint density at radius 3 is 2.58 bits per heavy atom. The van der Waals surface area contributed by atoms with Crippen LogP contribution in [-0.4, -0.2) is 28.9 Å². The van der Waals surface area contributed by atoms with E-state index in [9.17, 15) is 0 Å². The van der Waals surface area contributed by atoms with Crippen LogP contribution >= 0.6 is 11.8 Å². The molecule has 0 aromatic rings. The summed E-state index contributed by atoms with van der Waals surface area (Å²) < 4.78 is 0. The molecule has 0 saturated carbocycles. The molecular formula is C9H16N2S. The number of thioether (sulfide) groups is 1. The van der Waals surface area contributed by atoms with Gasteiger partial charge in [0.15, 0.2) is 5.17 Å². The molecule has 0 atom stereocenters. The molecule has 0 amide bonds. The Labute approximate surface area is 78.7 Å². The summed E-state index contributed by atoms with van der Waals surface area (Å²) in [6, 6.07) is 0. The van der Waals surface area contributed by atoms with Crippen LogP contribution in [-0.2, 0) is 0 Å². The monoisotopic (exact) mass is 184 g/mol. The molecule has 0 spiro atoms. The van der Waals surface area contributed by atoms with Gasteiger partial charge in [0.25, 0.3) is 0 Å². The summed E-state index contributed by atoms with van der Waals surface area (Å²) in [6.45, 7) is 8.55. The van der Waals surface area contributed by atoms with Crippen molar-refractivity contribution >= 4 is 16.9 Å². The third-order valence-corrected chi connectivity index (χ3v) is 3.08.